The monoisotopic (exact) mass is 400 g/mol. The number of hydrogen-bond donors (Lipinski definition) is 0. The number of hydrogen-bond acceptors (Lipinski definition) is 0. The van der Waals surface area contributed by atoms with Crippen LogP contribution in [0.5, 0.6) is 0 Å². The van der Waals surface area contributed by atoms with Gasteiger partial charge in [0, 0.05) is 5.02 Å². The molecule has 3 aromatic rings. The van der Waals surface area contributed by atoms with Crippen LogP contribution in [0.15, 0.2) is 66.7 Å². The van der Waals surface area contributed by atoms with E-state index in [1.165, 1.54) is 54.6 Å². The minimum absolute atomic E-state index is 0.0384. The largest absolute Gasteiger partial charge is 0.417 e. The zero-order valence-electron chi connectivity index (χ0n) is 13.5. The molecule has 3 rings (SSSR count). The molecule has 0 radical (unpaired) electrons. The van der Waals surface area contributed by atoms with Gasteiger partial charge in [-0.3, -0.25) is 0 Å². The number of alkyl halides is 6. The van der Waals surface area contributed by atoms with E-state index in [1.807, 2.05) is 0 Å². The summed E-state index contributed by atoms with van der Waals surface area (Å²) >= 11 is 6.02. The molecule has 0 nitrogen and oxygen atoms in total. The van der Waals surface area contributed by atoms with Gasteiger partial charge in [-0.2, -0.15) is 26.3 Å². The van der Waals surface area contributed by atoms with E-state index in [9.17, 15) is 26.3 Å². The molecular weight excluding hydrogens is 390 g/mol. The van der Waals surface area contributed by atoms with Crippen molar-refractivity contribution in [3.05, 3.63) is 82.9 Å². The Balaban J connectivity index is 2.23. The quantitative estimate of drug-likeness (QED) is 0.386. The molecule has 0 aliphatic carbocycles. The molecule has 0 aliphatic rings. The van der Waals surface area contributed by atoms with Crippen LogP contribution in [-0.2, 0) is 12.4 Å². The summed E-state index contributed by atoms with van der Waals surface area (Å²) in [6.07, 6.45) is -9.22. The van der Waals surface area contributed by atoms with Gasteiger partial charge in [0.1, 0.15) is 0 Å². The van der Waals surface area contributed by atoms with Crippen molar-refractivity contribution in [3.8, 4) is 22.3 Å². The normalized spacial score (nSPS) is 12.3. The first kappa shape index (κ1) is 19.3. The second kappa shape index (κ2) is 6.93. The molecule has 3 aromatic carbocycles. The Kier molecular flexibility index (Phi) is 4.95. The lowest BCUT2D eigenvalue weighted by Gasteiger charge is -2.16. The zero-order valence-corrected chi connectivity index (χ0v) is 14.3. The van der Waals surface area contributed by atoms with E-state index in [1.54, 1.807) is 0 Å². The van der Waals surface area contributed by atoms with Crippen molar-refractivity contribution < 1.29 is 26.3 Å². The molecule has 27 heavy (non-hydrogen) atoms. The van der Waals surface area contributed by atoms with Gasteiger partial charge in [-0.25, -0.2) is 0 Å². The molecule has 0 fully saturated rings. The predicted molar refractivity (Wildman–Crippen MR) is 92.3 cm³/mol. The summed E-state index contributed by atoms with van der Waals surface area (Å²) < 4.78 is 79.8. The molecule has 0 aliphatic heterocycles. The predicted octanol–water partition coefficient (Wildman–Crippen LogP) is 7.71. The summed E-state index contributed by atoms with van der Waals surface area (Å²) in [6, 6.07) is 13.6. The molecule has 7 heteroatoms. The van der Waals surface area contributed by atoms with Gasteiger partial charge in [-0.05, 0) is 52.6 Å². The van der Waals surface area contributed by atoms with Crippen molar-refractivity contribution in [1.29, 1.82) is 0 Å². The molecule has 0 spiro atoms. The molecule has 0 aromatic heterocycles. The third kappa shape index (κ3) is 4.11. The fourth-order valence-electron chi connectivity index (χ4n) is 2.86. The van der Waals surface area contributed by atoms with Crippen LogP contribution in [0.2, 0.25) is 5.02 Å². The van der Waals surface area contributed by atoms with Crippen molar-refractivity contribution >= 4 is 11.6 Å². The Morgan fingerprint density at radius 3 is 1.30 bits per heavy atom. The number of halogens is 7. The van der Waals surface area contributed by atoms with Crippen LogP contribution in [0, 0.1) is 0 Å². The molecular formula is C20H11ClF6. The summed E-state index contributed by atoms with van der Waals surface area (Å²) in [6.45, 7) is 0. The van der Waals surface area contributed by atoms with Gasteiger partial charge in [-0.15, -0.1) is 0 Å². The molecule has 0 saturated carbocycles. The Labute approximate surface area is 156 Å². The molecule has 0 bridgehead atoms. The highest BCUT2D eigenvalue weighted by Gasteiger charge is 2.35. The first-order valence-electron chi connectivity index (χ1n) is 7.71. The molecule has 0 amide bonds. The smallest absolute Gasteiger partial charge is 0.166 e. The van der Waals surface area contributed by atoms with E-state index in [-0.39, 0.29) is 27.3 Å². The van der Waals surface area contributed by atoms with E-state index in [2.05, 4.69) is 0 Å². The first-order chi connectivity index (χ1) is 12.6. The maximum atomic E-state index is 13.3. The van der Waals surface area contributed by atoms with E-state index < -0.39 is 23.5 Å². The highest BCUT2D eigenvalue weighted by Crippen LogP contribution is 2.41. The minimum atomic E-state index is -4.61. The summed E-state index contributed by atoms with van der Waals surface area (Å²) in [5, 5.41) is 0.0384. The second-order valence-corrected chi connectivity index (χ2v) is 6.25. The Hall–Kier alpha value is -2.47. The molecule has 0 unspecified atom stereocenters. The highest BCUT2D eigenvalue weighted by atomic mass is 35.5. The van der Waals surface area contributed by atoms with Gasteiger partial charge in [0.15, 0.2) is 0 Å². The van der Waals surface area contributed by atoms with Gasteiger partial charge >= 0.3 is 12.4 Å². The molecule has 0 atom stereocenters. The number of rotatable bonds is 2. The summed E-state index contributed by atoms with van der Waals surface area (Å²) in [7, 11) is 0. The van der Waals surface area contributed by atoms with Crippen molar-refractivity contribution in [2.75, 3.05) is 0 Å². The average molecular weight is 401 g/mol. The van der Waals surface area contributed by atoms with E-state index >= 15 is 0 Å². The van der Waals surface area contributed by atoms with Crippen molar-refractivity contribution in [2.24, 2.45) is 0 Å². The van der Waals surface area contributed by atoms with Crippen molar-refractivity contribution in [1.82, 2.24) is 0 Å². The Bertz CT molecular complexity index is 897. The van der Waals surface area contributed by atoms with Crippen LogP contribution in [0.4, 0.5) is 26.3 Å². The zero-order chi connectivity index (χ0) is 19.8. The van der Waals surface area contributed by atoms with Crippen LogP contribution >= 0.6 is 11.6 Å². The molecule has 0 N–H and O–H groups in total. The third-order valence-electron chi connectivity index (χ3n) is 3.98. The van der Waals surface area contributed by atoms with Crippen LogP contribution in [0.3, 0.4) is 0 Å². The van der Waals surface area contributed by atoms with Gasteiger partial charge in [0.25, 0.3) is 0 Å². The minimum Gasteiger partial charge on any atom is -0.166 e. The van der Waals surface area contributed by atoms with Gasteiger partial charge in [0.2, 0.25) is 0 Å². The van der Waals surface area contributed by atoms with Crippen LogP contribution in [0.1, 0.15) is 11.1 Å². The maximum absolute atomic E-state index is 13.3. The molecule has 0 heterocycles. The standard InChI is InChI=1S/C20H11ClF6/c21-14-10-12(15-5-1-3-7-17(15)19(22,23)24)9-13(11-14)16-6-2-4-8-18(16)20(25,26)27/h1-11H. The summed E-state index contributed by atoms with van der Waals surface area (Å²) in [4.78, 5) is 0. The van der Waals surface area contributed by atoms with E-state index in [4.69, 9.17) is 11.6 Å². The SMILES string of the molecule is FC(F)(F)c1ccccc1-c1cc(Cl)cc(-c2ccccc2C(F)(F)F)c1. The van der Waals surface area contributed by atoms with E-state index in [0.29, 0.717) is 0 Å². The van der Waals surface area contributed by atoms with Gasteiger partial charge < -0.3 is 0 Å². The lowest BCUT2D eigenvalue weighted by Crippen LogP contribution is -2.07. The lowest BCUT2D eigenvalue weighted by atomic mass is 9.93. The van der Waals surface area contributed by atoms with E-state index in [0.717, 1.165) is 12.1 Å². The average Bonchev–Trinajstić information content (AvgIpc) is 2.60. The van der Waals surface area contributed by atoms with Crippen molar-refractivity contribution in [3.63, 3.8) is 0 Å². The highest BCUT2D eigenvalue weighted by molar-refractivity contribution is 6.31. The Morgan fingerprint density at radius 2 is 0.926 bits per heavy atom. The van der Waals surface area contributed by atoms with Gasteiger partial charge in [0.05, 0.1) is 11.1 Å². The summed E-state index contributed by atoms with van der Waals surface area (Å²) in [5.74, 6) is 0. The van der Waals surface area contributed by atoms with Gasteiger partial charge in [-0.1, -0.05) is 48.0 Å². The third-order valence-corrected chi connectivity index (χ3v) is 4.20. The topological polar surface area (TPSA) is 0 Å². The molecule has 0 saturated heterocycles. The first-order valence-corrected chi connectivity index (χ1v) is 8.09. The Morgan fingerprint density at radius 1 is 0.556 bits per heavy atom. The fraction of sp³-hybridized carbons (Fsp3) is 0.100. The molecule has 140 valence electrons. The second-order valence-electron chi connectivity index (χ2n) is 5.82. The number of benzene rings is 3. The fourth-order valence-corrected chi connectivity index (χ4v) is 3.10. The van der Waals surface area contributed by atoms with Crippen LogP contribution in [0.25, 0.3) is 22.3 Å². The van der Waals surface area contributed by atoms with Crippen LogP contribution < -0.4 is 0 Å². The lowest BCUT2D eigenvalue weighted by molar-refractivity contribution is -0.137. The van der Waals surface area contributed by atoms with Crippen molar-refractivity contribution in [2.45, 2.75) is 12.4 Å². The van der Waals surface area contributed by atoms with Crippen LogP contribution in [-0.4, -0.2) is 0 Å². The maximum Gasteiger partial charge on any atom is 0.417 e. The summed E-state index contributed by atoms with van der Waals surface area (Å²) in [5.41, 5.74) is -1.91.